The van der Waals surface area contributed by atoms with Gasteiger partial charge < -0.3 is 5.73 Å². The molecule has 2 rings (SSSR count). The summed E-state index contributed by atoms with van der Waals surface area (Å²) < 4.78 is 0. The van der Waals surface area contributed by atoms with E-state index in [1.54, 1.807) is 0 Å². The second kappa shape index (κ2) is 4.81. The molecule has 1 nitrogen and oxygen atoms in total. The van der Waals surface area contributed by atoms with Crippen molar-refractivity contribution >= 4 is 0 Å². The van der Waals surface area contributed by atoms with Crippen LogP contribution in [0.25, 0.3) is 0 Å². The number of hydrogen-bond acceptors (Lipinski definition) is 1. The number of aryl methyl sites for hydroxylation is 1. The van der Waals surface area contributed by atoms with Gasteiger partial charge in [0, 0.05) is 0 Å². The first-order chi connectivity index (χ1) is 8.03. The lowest BCUT2D eigenvalue weighted by atomic mass is 9.64. The monoisotopic (exact) mass is 231 g/mol. The van der Waals surface area contributed by atoms with Gasteiger partial charge in [0.2, 0.25) is 0 Å². The summed E-state index contributed by atoms with van der Waals surface area (Å²) in [4.78, 5) is 0. The molecule has 2 unspecified atom stereocenters. The molecule has 94 valence electrons. The van der Waals surface area contributed by atoms with Crippen LogP contribution in [0.3, 0.4) is 0 Å². The van der Waals surface area contributed by atoms with Crippen LogP contribution in [-0.2, 0) is 0 Å². The molecule has 17 heavy (non-hydrogen) atoms. The van der Waals surface area contributed by atoms with E-state index in [2.05, 4.69) is 45.0 Å². The summed E-state index contributed by atoms with van der Waals surface area (Å²) in [5, 5.41) is 0. The van der Waals surface area contributed by atoms with E-state index < -0.39 is 0 Å². The minimum Gasteiger partial charge on any atom is -0.330 e. The van der Waals surface area contributed by atoms with Crippen LogP contribution in [0.1, 0.15) is 50.2 Å². The van der Waals surface area contributed by atoms with Gasteiger partial charge in [0.25, 0.3) is 0 Å². The summed E-state index contributed by atoms with van der Waals surface area (Å²) in [7, 11) is 0. The van der Waals surface area contributed by atoms with E-state index in [1.165, 1.54) is 30.4 Å². The van der Waals surface area contributed by atoms with Crippen molar-refractivity contribution in [3.05, 3.63) is 35.4 Å². The van der Waals surface area contributed by atoms with Crippen molar-refractivity contribution < 1.29 is 0 Å². The van der Waals surface area contributed by atoms with Crippen LogP contribution in [0, 0.1) is 18.3 Å². The van der Waals surface area contributed by atoms with Crippen LogP contribution in [-0.4, -0.2) is 6.54 Å². The van der Waals surface area contributed by atoms with Crippen molar-refractivity contribution in [2.24, 2.45) is 17.1 Å². The van der Waals surface area contributed by atoms with Gasteiger partial charge in [0.1, 0.15) is 0 Å². The molecule has 1 aliphatic rings. The molecule has 0 heterocycles. The predicted octanol–water partition coefficient (Wildman–Crippen LogP) is 3.86. The van der Waals surface area contributed by atoms with Crippen LogP contribution in [0.5, 0.6) is 0 Å². The Hall–Kier alpha value is -0.820. The van der Waals surface area contributed by atoms with Crippen molar-refractivity contribution in [3.8, 4) is 0 Å². The minimum absolute atomic E-state index is 0.471. The number of rotatable bonds is 2. The maximum Gasteiger partial charge on any atom is -0.00430 e. The first kappa shape index (κ1) is 12.6. The number of nitrogens with two attached hydrogens (primary N) is 1. The number of hydrogen-bond donors (Lipinski definition) is 1. The molecule has 1 heteroatoms. The molecule has 0 aromatic heterocycles. The van der Waals surface area contributed by atoms with E-state index in [-0.39, 0.29) is 0 Å². The van der Waals surface area contributed by atoms with Crippen molar-refractivity contribution in [3.63, 3.8) is 0 Å². The molecule has 0 aliphatic heterocycles. The summed E-state index contributed by atoms with van der Waals surface area (Å²) in [5.74, 6) is 1.33. The van der Waals surface area contributed by atoms with Crippen LogP contribution in [0.2, 0.25) is 0 Å². The Bertz CT molecular complexity index is 381. The van der Waals surface area contributed by atoms with E-state index in [1.807, 2.05) is 0 Å². The molecule has 1 saturated carbocycles. The quantitative estimate of drug-likeness (QED) is 0.821. The Labute approximate surface area is 105 Å². The van der Waals surface area contributed by atoms with Crippen LogP contribution in [0.15, 0.2) is 24.3 Å². The molecular formula is C16H25N. The summed E-state index contributed by atoms with van der Waals surface area (Å²) in [6.45, 7) is 7.84. The fourth-order valence-electron chi connectivity index (χ4n) is 3.29. The molecule has 2 atom stereocenters. The minimum atomic E-state index is 0.471. The van der Waals surface area contributed by atoms with Crippen LogP contribution in [0.4, 0.5) is 0 Å². The third kappa shape index (κ3) is 2.71. The second-order valence-electron chi connectivity index (χ2n) is 6.37. The lowest BCUT2D eigenvalue weighted by Crippen LogP contribution is -2.33. The maximum absolute atomic E-state index is 5.97. The molecule has 0 spiro atoms. The Morgan fingerprint density at radius 3 is 2.65 bits per heavy atom. The average Bonchev–Trinajstić information content (AvgIpc) is 2.28. The molecule has 0 saturated heterocycles. The maximum atomic E-state index is 5.97. The van der Waals surface area contributed by atoms with E-state index in [9.17, 15) is 0 Å². The summed E-state index contributed by atoms with van der Waals surface area (Å²) >= 11 is 0. The van der Waals surface area contributed by atoms with Crippen LogP contribution < -0.4 is 5.73 Å². The standard InChI is InChI=1S/C16H25N/c1-12-6-4-5-7-14(12)15-10-16(2,3)9-8-13(15)11-17/h4-7,13,15H,8-11,17H2,1-3H3. The molecule has 1 aliphatic carbocycles. The summed E-state index contributed by atoms with van der Waals surface area (Å²) in [6, 6.07) is 8.82. The molecule has 1 aromatic rings. The van der Waals surface area contributed by atoms with Gasteiger partial charge in [-0.05, 0) is 61.1 Å². The zero-order valence-electron chi connectivity index (χ0n) is 11.4. The molecule has 0 bridgehead atoms. The van der Waals surface area contributed by atoms with E-state index in [0.29, 0.717) is 17.3 Å². The van der Waals surface area contributed by atoms with Crippen molar-refractivity contribution in [1.82, 2.24) is 0 Å². The van der Waals surface area contributed by atoms with Gasteiger partial charge >= 0.3 is 0 Å². The lowest BCUT2D eigenvalue weighted by Gasteiger charge is -2.41. The highest BCUT2D eigenvalue weighted by atomic mass is 14.6. The van der Waals surface area contributed by atoms with Gasteiger partial charge in [-0.25, -0.2) is 0 Å². The van der Waals surface area contributed by atoms with E-state index in [0.717, 1.165) is 6.54 Å². The molecular weight excluding hydrogens is 206 g/mol. The first-order valence-corrected chi connectivity index (χ1v) is 6.79. The Balaban J connectivity index is 2.30. The molecule has 1 aromatic carbocycles. The largest absolute Gasteiger partial charge is 0.330 e. The third-order valence-electron chi connectivity index (χ3n) is 4.42. The van der Waals surface area contributed by atoms with E-state index >= 15 is 0 Å². The van der Waals surface area contributed by atoms with Crippen molar-refractivity contribution in [2.45, 2.75) is 46.0 Å². The molecule has 1 fully saturated rings. The van der Waals surface area contributed by atoms with E-state index in [4.69, 9.17) is 5.73 Å². The van der Waals surface area contributed by atoms with Gasteiger partial charge in [-0.2, -0.15) is 0 Å². The lowest BCUT2D eigenvalue weighted by molar-refractivity contribution is 0.165. The van der Waals surface area contributed by atoms with Gasteiger partial charge in [-0.1, -0.05) is 38.1 Å². The van der Waals surface area contributed by atoms with Gasteiger partial charge in [0.15, 0.2) is 0 Å². The molecule has 0 radical (unpaired) electrons. The topological polar surface area (TPSA) is 26.0 Å². The Morgan fingerprint density at radius 2 is 2.00 bits per heavy atom. The SMILES string of the molecule is Cc1ccccc1C1CC(C)(C)CCC1CN. The zero-order valence-corrected chi connectivity index (χ0v) is 11.4. The third-order valence-corrected chi connectivity index (χ3v) is 4.42. The fourth-order valence-corrected chi connectivity index (χ4v) is 3.29. The highest BCUT2D eigenvalue weighted by molar-refractivity contribution is 5.30. The van der Waals surface area contributed by atoms with Crippen molar-refractivity contribution in [1.29, 1.82) is 0 Å². The summed E-state index contributed by atoms with van der Waals surface area (Å²) in [5.41, 5.74) is 9.39. The van der Waals surface area contributed by atoms with Gasteiger partial charge in [0.05, 0.1) is 0 Å². The highest BCUT2D eigenvalue weighted by Gasteiger charge is 2.35. The Kier molecular flexibility index (Phi) is 3.58. The second-order valence-corrected chi connectivity index (χ2v) is 6.37. The predicted molar refractivity (Wildman–Crippen MR) is 74.1 cm³/mol. The molecule has 2 N–H and O–H groups in total. The smallest absolute Gasteiger partial charge is 0.00430 e. The number of benzene rings is 1. The Morgan fingerprint density at radius 1 is 1.29 bits per heavy atom. The average molecular weight is 231 g/mol. The summed E-state index contributed by atoms with van der Waals surface area (Å²) in [6.07, 6.45) is 3.87. The first-order valence-electron chi connectivity index (χ1n) is 6.79. The fraction of sp³-hybridized carbons (Fsp3) is 0.625. The molecule has 0 amide bonds. The van der Waals surface area contributed by atoms with Gasteiger partial charge in [-0.3, -0.25) is 0 Å². The van der Waals surface area contributed by atoms with Crippen LogP contribution >= 0.6 is 0 Å². The zero-order chi connectivity index (χ0) is 12.5. The highest BCUT2D eigenvalue weighted by Crippen LogP contribution is 2.46. The normalized spacial score (nSPS) is 28.0. The van der Waals surface area contributed by atoms with Gasteiger partial charge in [-0.15, -0.1) is 0 Å². The van der Waals surface area contributed by atoms with Crippen molar-refractivity contribution in [2.75, 3.05) is 6.54 Å².